The minimum Gasteiger partial charge on any atom is -0.256 e. The zero-order valence-electron chi connectivity index (χ0n) is 7.77. The molecule has 0 aliphatic carbocycles. The zero-order chi connectivity index (χ0) is 9.26. The lowest BCUT2D eigenvalue weighted by Crippen LogP contribution is -1.84. The van der Waals surface area contributed by atoms with Crippen LogP contribution >= 0.6 is 28.3 Å². The van der Waals surface area contributed by atoms with Gasteiger partial charge in [-0.15, -0.1) is 12.4 Å². The molecular weight excluding hydrogens is 261 g/mol. The van der Waals surface area contributed by atoms with Crippen LogP contribution in [0.4, 0.5) is 0 Å². The Morgan fingerprint density at radius 2 is 2.07 bits per heavy atom. The van der Waals surface area contributed by atoms with Crippen molar-refractivity contribution in [3.05, 3.63) is 42.1 Å². The van der Waals surface area contributed by atoms with E-state index in [0.29, 0.717) is 4.83 Å². The largest absolute Gasteiger partial charge is 0.256 e. The maximum atomic E-state index is 4.30. The molecule has 1 unspecified atom stereocenters. The Morgan fingerprint density at radius 1 is 1.29 bits per heavy atom. The van der Waals surface area contributed by atoms with E-state index in [2.05, 4.69) is 52.1 Å². The SMILES string of the molecule is CC(Br)c1ccc2cccnc2c1.Cl. The lowest BCUT2D eigenvalue weighted by molar-refractivity contribution is 1.13. The van der Waals surface area contributed by atoms with Crippen LogP contribution in [0.3, 0.4) is 0 Å². The molecule has 0 saturated heterocycles. The van der Waals surface area contributed by atoms with Gasteiger partial charge in [-0.25, -0.2) is 0 Å². The fourth-order valence-electron chi connectivity index (χ4n) is 1.33. The van der Waals surface area contributed by atoms with Crippen LogP contribution in [0.25, 0.3) is 10.9 Å². The van der Waals surface area contributed by atoms with Crippen molar-refractivity contribution in [3.63, 3.8) is 0 Å². The summed E-state index contributed by atoms with van der Waals surface area (Å²) in [5.74, 6) is 0. The molecule has 0 radical (unpaired) electrons. The molecule has 1 aromatic carbocycles. The maximum Gasteiger partial charge on any atom is 0.0705 e. The highest BCUT2D eigenvalue weighted by Gasteiger charge is 2.01. The number of hydrogen-bond donors (Lipinski definition) is 0. The van der Waals surface area contributed by atoms with Crippen molar-refractivity contribution >= 4 is 39.2 Å². The van der Waals surface area contributed by atoms with Gasteiger partial charge in [0.15, 0.2) is 0 Å². The maximum absolute atomic E-state index is 4.30. The van der Waals surface area contributed by atoms with E-state index in [-0.39, 0.29) is 12.4 Å². The summed E-state index contributed by atoms with van der Waals surface area (Å²) in [6, 6.07) is 10.4. The van der Waals surface area contributed by atoms with Gasteiger partial charge >= 0.3 is 0 Å². The van der Waals surface area contributed by atoms with Gasteiger partial charge in [0, 0.05) is 16.4 Å². The van der Waals surface area contributed by atoms with Crippen LogP contribution in [-0.4, -0.2) is 4.98 Å². The second-order valence-corrected chi connectivity index (χ2v) is 4.45. The van der Waals surface area contributed by atoms with Gasteiger partial charge in [0.05, 0.1) is 5.52 Å². The number of halogens is 2. The summed E-state index contributed by atoms with van der Waals surface area (Å²) in [6.45, 7) is 2.12. The number of pyridine rings is 1. The van der Waals surface area contributed by atoms with Gasteiger partial charge in [-0.3, -0.25) is 4.98 Å². The van der Waals surface area contributed by atoms with Crippen molar-refractivity contribution in [2.24, 2.45) is 0 Å². The van der Waals surface area contributed by atoms with Gasteiger partial charge in [-0.2, -0.15) is 0 Å². The van der Waals surface area contributed by atoms with Gasteiger partial charge in [0.2, 0.25) is 0 Å². The molecule has 1 nitrogen and oxygen atoms in total. The molecule has 1 heterocycles. The average Bonchev–Trinajstić information content (AvgIpc) is 2.17. The Balaban J connectivity index is 0.000000980. The molecule has 0 N–H and O–H groups in total. The van der Waals surface area contributed by atoms with E-state index in [9.17, 15) is 0 Å². The standard InChI is InChI=1S/C11H10BrN.ClH/c1-8(12)10-5-4-9-3-2-6-13-11(9)7-10;/h2-8H,1H3;1H. The molecule has 3 heteroatoms. The van der Waals surface area contributed by atoms with Crippen molar-refractivity contribution in [2.75, 3.05) is 0 Å². The highest BCUT2D eigenvalue weighted by atomic mass is 79.9. The molecule has 2 aromatic rings. The van der Waals surface area contributed by atoms with Crippen LogP contribution in [0.5, 0.6) is 0 Å². The van der Waals surface area contributed by atoms with Crippen LogP contribution in [0.1, 0.15) is 17.3 Å². The minimum atomic E-state index is 0. The predicted molar refractivity (Wildman–Crippen MR) is 66.3 cm³/mol. The summed E-state index contributed by atoms with van der Waals surface area (Å²) in [7, 11) is 0. The topological polar surface area (TPSA) is 12.9 Å². The molecule has 2 rings (SSSR count). The molecule has 0 fully saturated rings. The number of alkyl halides is 1. The molecule has 0 amide bonds. The number of nitrogens with zero attached hydrogens (tertiary/aromatic N) is 1. The van der Waals surface area contributed by atoms with Crippen LogP contribution in [0, 0.1) is 0 Å². The van der Waals surface area contributed by atoms with Crippen molar-refractivity contribution in [1.29, 1.82) is 0 Å². The monoisotopic (exact) mass is 271 g/mol. The highest BCUT2D eigenvalue weighted by Crippen LogP contribution is 2.24. The van der Waals surface area contributed by atoms with E-state index in [1.165, 1.54) is 10.9 Å². The average molecular weight is 273 g/mol. The summed E-state index contributed by atoms with van der Waals surface area (Å²) in [4.78, 5) is 4.69. The van der Waals surface area contributed by atoms with Crippen LogP contribution in [0.15, 0.2) is 36.5 Å². The molecule has 0 aliphatic rings. The van der Waals surface area contributed by atoms with Gasteiger partial charge < -0.3 is 0 Å². The van der Waals surface area contributed by atoms with Crippen LogP contribution in [-0.2, 0) is 0 Å². The molecule has 14 heavy (non-hydrogen) atoms. The van der Waals surface area contributed by atoms with E-state index in [0.717, 1.165) is 5.52 Å². The molecular formula is C11H11BrClN. The van der Waals surface area contributed by atoms with Crippen molar-refractivity contribution in [3.8, 4) is 0 Å². The summed E-state index contributed by atoms with van der Waals surface area (Å²) < 4.78 is 0. The predicted octanol–water partition coefficient (Wildman–Crippen LogP) is 4.11. The first-order valence-corrected chi connectivity index (χ1v) is 5.18. The highest BCUT2D eigenvalue weighted by molar-refractivity contribution is 9.09. The summed E-state index contributed by atoms with van der Waals surface area (Å²) in [5, 5.41) is 1.19. The first-order valence-electron chi connectivity index (χ1n) is 4.26. The third-order valence-electron chi connectivity index (χ3n) is 2.09. The van der Waals surface area contributed by atoms with Gasteiger partial charge in [-0.05, 0) is 24.6 Å². The lowest BCUT2D eigenvalue weighted by Gasteiger charge is -2.04. The van der Waals surface area contributed by atoms with E-state index in [1.54, 1.807) is 0 Å². The Morgan fingerprint density at radius 3 is 2.79 bits per heavy atom. The number of rotatable bonds is 1. The van der Waals surface area contributed by atoms with E-state index in [1.807, 2.05) is 12.3 Å². The van der Waals surface area contributed by atoms with Crippen LogP contribution < -0.4 is 0 Å². The second-order valence-electron chi connectivity index (χ2n) is 3.07. The molecule has 1 aromatic heterocycles. The first-order chi connectivity index (χ1) is 6.27. The zero-order valence-corrected chi connectivity index (χ0v) is 10.2. The van der Waals surface area contributed by atoms with Crippen molar-refractivity contribution in [2.45, 2.75) is 11.8 Å². The van der Waals surface area contributed by atoms with Crippen molar-refractivity contribution < 1.29 is 0 Å². The summed E-state index contributed by atoms with van der Waals surface area (Å²) in [6.07, 6.45) is 1.82. The molecule has 0 saturated carbocycles. The summed E-state index contributed by atoms with van der Waals surface area (Å²) >= 11 is 3.54. The second kappa shape index (κ2) is 4.76. The third kappa shape index (κ3) is 2.25. The molecule has 0 bridgehead atoms. The quantitative estimate of drug-likeness (QED) is 0.712. The van der Waals surface area contributed by atoms with Gasteiger partial charge in [0.25, 0.3) is 0 Å². The number of fused-ring (bicyclic) bond motifs is 1. The third-order valence-corrected chi connectivity index (χ3v) is 2.62. The van der Waals surface area contributed by atoms with Crippen LogP contribution in [0.2, 0.25) is 0 Å². The number of benzene rings is 1. The number of aromatic nitrogens is 1. The first kappa shape index (κ1) is 11.5. The smallest absolute Gasteiger partial charge is 0.0705 e. The Bertz CT molecular complexity index is 428. The summed E-state index contributed by atoms with van der Waals surface area (Å²) in [5.41, 5.74) is 2.33. The Hall–Kier alpha value is -0.600. The van der Waals surface area contributed by atoms with Gasteiger partial charge in [0.1, 0.15) is 0 Å². The molecule has 0 aliphatic heterocycles. The Labute approximate surface area is 98.1 Å². The molecule has 1 atom stereocenters. The van der Waals surface area contributed by atoms with E-state index >= 15 is 0 Å². The fraction of sp³-hybridized carbons (Fsp3) is 0.182. The number of hydrogen-bond acceptors (Lipinski definition) is 1. The fourth-order valence-corrected chi connectivity index (χ4v) is 1.62. The lowest BCUT2D eigenvalue weighted by atomic mass is 10.1. The molecule has 74 valence electrons. The Kier molecular flexibility index (Phi) is 3.90. The van der Waals surface area contributed by atoms with Crippen molar-refractivity contribution in [1.82, 2.24) is 4.98 Å². The normalized spacial score (nSPS) is 12.1. The minimum absolute atomic E-state index is 0. The van der Waals surface area contributed by atoms with E-state index in [4.69, 9.17) is 0 Å². The molecule has 0 spiro atoms. The van der Waals surface area contributed by atoms with Gasteiger partial charge in [-0.1, -0.05) is 34.1 Å². The van der Waals surface area contributed by atoms with E-state index < -0.39 is 0 Å².